The van der Waals surface area contributed by atoms with Gasteiger partial charge in [-0.15, -0.1) is 0 Å². The Bertz CT molecular complexity index is 601. The molecule has 0 bridgehead atoms. The minimum absolute atomic E-state index is 0.0300. The minimum atomic E-state index is -0.770. The molecule has 1 N–H and O–H groups in total. The third-order valence-corrected chi connectivity index (χ3v) is 4.95. The smallest absolute Gasteiger partial charge is 0.323 e. The Balaban J connectivity index is 2.19. The van der Waals surface area contributed by atoms with E-state index in [1.165, 1.54) is 16.7 Å². The minimum Gasteiger partial charge on any atom is -0.480 e. The lowest BCUT2D eigenvalue weighted by atomic mass is 9.76. The van der Waals surface area contributed by atoms with Crippen LogP contribution in [0.25, 0.3) is 6.08 Å². The van der Waals surface area contributed by atoms with Gasteiger partial charge in [0.1, 0.15) is 6.54 Å². The molecule has 1 aromatic rings. The van der Waals surface area contributed by atoms with Gasteiger partial charge in [-0.1, -0.05) is 32.1 Å². The molecule has 1 aliphatic heterocycles. The van der Waals surface area contributed by atoms with E-state index in [0.717, 1.165) is 18.5 Å². The highest BCUT2D eigenvalue weighted by Gasteiger charge is 2.44. The molecule has 106 valence electrons. The highest BCUT2D eigenvalue weighted by Crippen LogP contribution is 2.48. The summed E-state index contributed by atoms with van der Waals surface area (Å²) >= 11 is 0. The van der Waals surface area contributed by atoms with Crippen LogP contribution in [-0.2, 0) is 16.6 Å². The molecule has 1 unspecified atom stereocenters. The number of anilines is 1. The van der Waals surface area contributed by atoms with Crippen molar-refractivity contribution in [2.45, 2.75) is 45.1 Å². The van der Waals surface area contributed by atoms with Crippen molar-refractivity contribution in [2.24, 2.45) is 0 Å². The largest absolute Gasteiger partial charge is 0.480 e. The van der Waals surface area contributed by atoms with Crippen LogP contribution < -0.4 is 4.90 Å². The third-order valence-electron chi connectivity index (χ3n) is 4.95. The lowest BCUT2D eigenvalue weighted by molar-refractivity contribution is -0.135. The standard InChI is InChI=1S/C17H21NO2/c1-11-17(2,3)16-13-7-5-4-6-12(13)8-9-14(16)18(11)10-15(19)20/h5,7-9,11H,4,6,10H2,1-3H3,(H,19,20). The van der Waals surface area contributed by atoms with Crippen LogP contribution in [-0.4, -0.2) is 23.7 Å². The number of fused-ring (bicyclic) bond motifs is 3. The summed E-state index contributed by atoms with van der Waals surface area (Å²) in [5, 5.41) is 9.17. The average molecular weight is 271 g/mol. The normalized spacial score (nSPS) is 22.6. The SMILES string of the molecule is CC1N(CC(=O)O)c2ccc3c(c2C1(C)C)C=CCC3. The third kappa shape index (κ3) is 1.76. The molecule has 3 rings (SSSR count). The average Bonchev–Trinajstić information content (AvgIpc) is 2.60. The first-order valence-electron chi connectivity index (χ1n) is 7.24. The zero-order chi connectivity index (χ0) is 14.5. The van der Waals surface area contributed by atoms with Gasteiger partial charge in [0.15, 0.2) is 0 Å². The zero-order valence-electron chi connectivity index (χ0n) is 12.3. The van der Waals surface area contributed by atoms with Crippen LogP contribution >= 0.6 is 0 Å². The van der Waals surface area contributed by atoms with Crippen LogP contribution in [0.15, 0.2) is 18.2 Å². The van der Waals surface area contributed by atoms with Gasteiger partial charge < -0.3 is 10.0 Å². The molecule has 2 aliphatic rings. The van der Waals surface area contributed by atoms with Crippen molar-refractivity contribution in [3.8, 4) is 0 Å². The second-order valence-corrected chi connectivity index (χ2v) is 6.39. The molecule has 1 aromatic carbocycles. The van der Waals surface area contributed by atoms with Gasteiger partial charge in [0.2, 0.25) is 0 Å². The van der Waals surface area contributed by atoms with Gasteiger partial charge in [-0.2, -0.15) is 0 Å². The molecule has 0 aromatic heterocycles. The number of nitrogens with zero attached hydrogens (tertiary/aromatic N) is 1. The van der Waals surface area contributed by atoms with Crippen LogP contribution in [0.2, 0.25) is 0 Å². The van der Waals surface area contributed by atoms with Crippen molar-refractivity contribution >= 4 is 17.7 Å². The van der Waals surface area contributed by atoms with Crippen LogP contribution in [0, 0.1) is 0 Å². The monoisotopic (exact) mass is 271 g/mol. The van der Waals surface area contributed by atoms with Crippen molar-refractivity contribution in [1.82, 2.24) is 0 Å². The molecule has 1 atom stereocenters. The number of hydrogen-bond donors (Lipinski definition) is 1. The molecule has 1 aliphatic carbocycles. The molecule has 3 heteroatoms. The zero-order valence-corrected chi connectivity index (χ0v) is 12.3. The van der Waals surface area contributed by atoms with E-state index in [9.17, 15) is 9.90 Å². The van der Waals surface area contributed by atoms with E-state index >= 15 is 0 Å². The number of allylic oxidation sites excluding steroid dienone is 1. The van der Waals surface area contributed by atoms with E-state index in [4.69, 9.17) is 0 Å². The van der Waals surface area contributed by atoms with E-state index in [-0.39, 0.29) is 18.0 Å². The Morgan fingerprint density at radius 1 is 1.45 bits per heavy atom. The molecule has 0 fully saturated rings. The molecule has 3 nitrogen and oxygen atoms in total. The van der Waals surface area contributed by atoms with Crippen molar-refractivity contribution in [1.29, 1.82) is 0 Å². The first-order chi connectivity index (χ1) is 9.43. The number of aryl methyl sites for hydroxylation is 1. The van der Waals surface area contributed by atoms with Gasteiger partial charge in [-0.25, -0.2) is 0 Å². The molecule has 0 saturated heterocycles. The summed E-state index contributed by atoms with van der Waals surface area (Å²) in [6, 6.07) is 4.47. The molecule has 0 saturated carbocycles. The number of aliphatic carboxylic acids is 1. The maximum absolute atomic E-state index is 11.2. The summed E-state index contributed by atoms with van der Waals surface area (Å²) in [4.78, 5) is 13.2. The molecule has 0 amide bonds. The van der Waals surface area contributed by atoms with E-state index in [1.807, 2.05) is 4.90 Å². The maximum atomic E-state index is 11.2. The molecule has 0 radical (unpaired) electrons. The summed E-state index contributed by atoms with van der Waals surface area (Å²) in [5.74, 6) is -0.770. The number of benzene rings is 1. The summed E-state index contributed by atoms with van der Waals surface area (Å²) in [6.45, 7) is 6.64. The molecule has 1 heterocycles. The predicted octanol–water partition coefficient (Wildman–Crippen LogP) is 3.22. The van der Waals surface area contributed by atoms with E-state index in [0.29, 0.717) is 0 Å². The Hall–Kier alpha value is -1.77. The first kappa shape index (κ1) is 13.2. The maximum Gasteiger partial charge on any atom is 0.323 e. The van der Waals surface area contributed by atoms with E-state index < -0.39 is 5.97 Å². The first-order valence-corrected chi connectivity index (χ1v) is 7.24. The number of rotatable bonds is 2. The highest BCUT2D eigenvalue weighted by atomic mass is 16.4. The van der Waals surface area contributed by atoms with Gasteiger partial charge >= 0.3 is 5.97 Å². The fourth-order valence-electron chi connectivity index (χ4n) is 3.59. The van der Waals surface area contributed by atoms with Crippen LogP contribution in [0.4, 0.5) is 5.69 Å². The van der Waals surface area contributed by atoms with Gasteiger partial charge in [0, 0.05) is 17.1 Å². The van der Waals surface area contributed by atoms with Crippen molar-refractivity contribution in [3.63, 3.8) is 0 Å². The highest BCUT2D eigenvalue weighted by molar-refractivity contribution is 5.80. The second kappa shape index (κ2) is 4.37. The van der Waals surface area contributed by atoms with Crippen molar-refractivity contribution < 1.29 is 9.90 Å². The Morgan fingerprint density at radius 2 is 2.20 bits per heavy atom. The summed E-state index contributed by atoms with van der Waals surface area (Å²) in [5.41, 5.74) is 5.09. The molecule has 0 spiro atoms. The van der Waals surface area contributed by atoms with Gasteiger partial charge in [-0.3, -0.25) is 4.79 Å². The van der Waals surface area contributed by atoms with Crippen LogP contribution in [0.5, 0.6) is 0 Å². The number of carbonyl (C=O) groups is 1. The van der Waals surface area contributed by atoms with Gasteiger partial charge in [0.25, 0.3) is 0 Å². The quantitative estimate of drug-likeness (QED) is 0.898. The molecular weight excluding hydrogens is 250 g/mol. The van der Waals surface area contributed by atoms with Gasteiger partial charge in [-0.05, 0) is 42.5 Å². The second-order valence-electron chi connectivity index (χ2n) is 6.39. The predicted molar refractivity (Wildman–Crippen MR) is 81.3 cm³/mol. The Kier molecular flexibility index (Phi) is 2.89. The lowest BCUT2D eigenvalue weighted by Crippen LogP contribution is -2.41. The summed E-state index contributed by atoms with van der Waals surface area (Å²) in [7, 11) is 0. The van der Waals surface area contributed by atoms with Gasteiger partial charge in [0.05, 0.1) is 0 Å². The fourth-order valence-corrected chi connectivity index (χ4v) is 3.59. The van der Waals surface area contributed by atoms with Crippen LogP contribution in [0.3, 0.4) is 0 Å². The van der Waals surface area contributed by atoms with E-state index in [2.05, 4.69) is 45.1 Å². The van der Waals surface area contributed by atoms with Crippen LogP contribution in [0.1, 0.15) is 43.9 Å². The lowest BCUT2D eigenvalue weighted by Gasteiger charge is -2.30. The fraction of sp³-hybridized carbons (Fsp3) is 0.471. The van der Waals surface area contributed by atoms with Crippen molar-refractivity contribution in [3.05, 3.63) is 34.9 Å². The number of carboxylic acids is 1. The number of carboxylic acid groups (broad SMARTS) is 1. The van der Waals surface area contributed by atoms with E-state index in [1.54, 1.807) is 0 Å². The van der Waals surface area contributed by atoms with Crippen molar-refractivity contribution in [2.75, 3.05) is 11.4 Å². The molecule has 20 heavy (non-hydrogen) atoms. The Morgan fingerprint density at radius 3 is 2.90 bits per heavy atom. The topological polar surface area (TPSA) is 40.5 Å². The number of hydrogen-bond acceptors (Lipinski definition) is 2. The summed E-state index contributed by atoms with van der Waals surface area (Å²) < 4.78 is 0. The molecular formula is C17H21NO2. The Labute approximate surface area is 119 Å². The summed E-state index contributed by atoms with van der Waals surface area (Å²) in [6.07, 6.45) is 6.63.